The maximum absolute atomic E-state index is 12.6. The summed E-state index contributed by atoms with van der Waals surface area (Å²) in [5, 5.41) is 11.6. The number of aliphatic carboxylic acids is 1. The molecular formula is C21H25NO4. The average molecular weight is 355 g/mol. The second-order valence-electron chi connectivity index (χ2n) is 6.09. The van der Waals surface area contributed by atoms with Crippen LogP contribution in [0.3, 0.4) is 0 Å². The van der Waals surface area contributed by atoms with E-state index in [9.17, 15) is 9.59 Å². The van der Waals surface area contributed by atoms with Gasteiger partial charge in [0.2, 0.25) is 5.91 Å². The summed E-state index contributed by atoms with van der Waals surface area (Å²) in [6, 6.07) is 16.9. The molecular weight excluding hydrogens is 330 g/mol. The van der Waals surface area contributed by atoms with Crippen molar-refractivity contribution in [3.63, 3.8) is 0 Å². The molecule has 0 saturated heterocycles. The molecule has 26 heavy (non-hydrogen) atoms. The van der Waals surface area contributed by atoms with Crippen molar-refractivity contribution in [2.45, 2.75) is 32.2 Å². The molecule has 0 aliphatic carbocycles. The Bertz CT molecular complexity index is 713. The maximum Gasteiger partial charge on any atom is 0.325 e. The fourth-order valence-corrected chi connectivity index (χ4v) is 2.71. The second-order valence-corrected chi connectivity index (χ2v) is 6.09. The van der Waals surface area contributed by atoms with Gasteiger partial charge >= 0.3 is 5.97 Å². The third-order valence-electron chi connectivity index (χ3n) is 4.22. The fourth-order valence-electron chi connectivity index (χ4n) is 2.71. The van der Waals surface area contributed by atoms with E-state index in [0.717, 1.165) is 16.7 Å². The van der Waals surface area contributed by atoms with E-state index in [1.165, 1.54) is 6.92 Å². The molecule has 0 bridgehead atoms. The van der Waals surface area contributed by atoms with Gasteiger partial charge in [-0.05, 0) is 37.0 Å². The average Bonchev–Trinajstić information content (AvgIpc) is 2.66. The van der Waals surface area contributed by atoms with Crippen molar-refractivity contribution in [3.8, 4) is 11.1 Å². The van der Waals surface area contributed by atoms with E-state index in [2.05, 4.69) is 5.32 Å². The second kappa shape index (κ2) is 9.73. The molecule has 2 aromatic rings. The van der Waals surface area contributed by atoms with Gasteiger partial charge in [0.25, 0.3) is 0 Å². The molecule has 0 aliphatic heterocycles. The lowest BCUT2D eigenvalue weighted by Crippen LogP contribution is -2.41. The number of rotatable bonds is 9. The van der Waals surface area contributed by atoms with Crippen LogP contribution in [0, 0.1) is 0 Å². The van der Waals surface area contributed by atoms with Crippen LogP contribution in [-0.2, 0) is 14.3 Å². The van der Waals surface area contributed by atoms with Crippen molar-refractivity contribution in [1.29, 1.82) is 0 Å². The Kier molecular flexibility index (Phi) is 7.36. The number of hydrogen-bond acceptors (Lipinski definition) is 3. The summed E-state index contributed by atoms with van der Waals surface area (Å²) >= 11 is 0. The quantitative estimate of drug-likeness (QED) is 0.676. The minimum absolute atomic E-state index is 0.299. The third-order valence-corrected chi connectivity index (χ3v) is 4.22. The Morgan fingerprint density at radius 2 is 1.65 bits per heavy atom. The number of carboxylic acids is 1. The first-order valence-corrected chi connectivity index (χ1v) is 8.79. The zero-order valence-electron chi connectivity index (χ0n) is 15.1. The smallest absolute Gasteiger partial charge is 0.325 e. The van der Waals surface area contributed by atoms with Crippen LogP contribution in [0.2, 0.25) is 0 Å². The fraction of sp³-hybridized carbons (Fsp3) is 0.333. The van der Waals surface area contributed by atoms with Gasteiger partial charge in [-0.25, -0.2) is 0 Å². The van der Waals surface area contributed by atoms with Gasteiger partial charge in [-0.2, -0.15) is 0 Å². The van der Waals surface area contributed by atoms with Crippen LogP contribution in [0.4, 0.5) is 0 Å². The molecule has 5 nitrogen and oxygen atoms in total. The van der Waals surface area contributed by atoms with Crippen molar-refractivity contribution < 1.29 is 19.4 Å². The summed E-state index contributed by atoms with van der Waals surface area (Å²) in [5.74, 6) is -1.80. The molecule has 138 valence electrons. The molecule has 0 radical (unpaired) electrons. The molecule has 0 saturated carbocycles. The zero-order valence-corrected chi connectivity index (χ0v) is 15.1. The number of amides is 1. The van der Waals surface area contributed by atoms with Crippen molar-refractivity contribution in [1.82, 2.24) is 5.32 Å². The van der Waals surface area contributed by atoms with Gasteiger partial charge < -0.3 is 15.2 Å². The monoisotopic (exact) mass is 355 g/mol. The van der Waals surface area contributed by atoms with Crippen molar-refractivity contribution in [2.24, 2.45) is 0 Å². The van der Waals surface area contributed by atoms with E-state index in [-0.39, 0.29) is 5.91 Å². The number of ether oxygens (including phenoxy) is 1. The number of carbonyl (C=O) groups is 2. The van der Waals surface area contributed by atoms with Gasteiger partial charge in [0.1, 0.15) is 6.04 Å². The summed E-state index contributed by atoms with van der Waals surface area (Å²) in [5.41, 5.74) is 3.02. The lowest BCUT2D eigenvalue weighted by molar-refractivity contribution is -0.141. The third kappa shape index (κ3) is 5.43. The highest BCUT2D eigenvalue weighted by molar-refractivity contribution is 5.88. The van der Waals surface area contributed by atoms with Crippen LogP contribution >= 0.6 is 0 Å². The van der Waals surface area contributed by atoms with Crippen LogP contribution in [0.15, 0.2) is 54.6 Å². The van der Waals surface area contributed by atoms with E-state index < -0.39 is 17.9 Å². The summed E-state index contributed by atoms with van der Waals surface area (Å²) in [4.78, 5) is 23.6. The Morgan fingerprint density at radius 3 is 2.23 bits per heavy atom. The molecule has 1 amide bonds. The van der Waals surface area contributed by atoms with Gasteiger partial charge in [-0.1, -0.05) is 54.6 Å². The van der Waals surface area contributed by atoms with Crippen molar-refractivity contribution in [2.75, 3.05) is 13.2 Å². The lowest BCUT2D eigenvalue weighted by atomic mass is 9.93. The first kappa shape index (κ1) is 19.7. The predicted octanol–water partition coefficient (Wildman–Crippen LogP) is 3.45. The minimum Gasteiger partial charge on any atom is -0.480 e. The molecule has 1 unspecified atom stereocenters. The Morgan fingerprint density at radius 1 is 1.04 bits per heavy atom. The van der Waals surface area contributed by atoms with E-state index in [0.29, 0.717) is 19.6 Å². The van der Waals surface area contributed by atoms with Gasteiger partial charge in [-0.15, -0.1) is 0 Å². The molecule has 2 rings (SSSR count). The Labute approximate surface area is 154 Å². The number of carboxylic acid groups (broad SMARTS) is 1. The minimum atomic E-state index is -1.05. The van der Waals surface area contributed by atoms with Crippen LogP contribution in [0.5, 0.6) is 0 Å². The highest BCUT2D eigenvalue weighted by Gasteiger charge is 2.24. The van der Waals surface area contributed by atoms with Crippen LogP contribution in [0.1, 0.15) is 31.7 Å². The Hall–Kier alpha value is -2.66. The van der Waals surface area contributed by atoms with Crippen molar-refractivity contribution in [3.05, 3.63) is 60.2 Å². The Balaban J connectivity index is 2.18. The largest absolute Gasteiger partial charge is 0.480 e. The topological polar surface area (TPSA) is 75.6 Å². The normalized spacial score (nSPS) is 13.0. The summed E-state index contributed by atoms with van der Waals surface area (Å²) in [6.45, 7) is 4.37. The van der Waals surface area contributed by atoms with Gasteiger partial charge in [-0.3, -0.25) is 9.59 Å². The van der Waals surface area contributed by atoms with Gasteiger partial charge in [0, 0.05) is 13.2 Å². The number of benzene rings is 2. The first-order valence-electron chi connectivity index (χ1n) is 8.79. The summed E-state index contributed by atoms with van der Waals surface area (Å²) in [7, 11) is 0. The van der Waals surface area contributed by atoms with E-state index >= 15 is 0 Å². The summed E-state index contributed by atoms with van der Waals surface area (Å²) < 4.78 is 5.38. The highest BCUT2D eigenvalue weighted by Crippen LogP contribution is 2.25. The number of carbonyl (C=O) groups excluding carboxylic acids is 1. The van der Waals surface area contributed by atoms with Gasteiger partial charge in [0.05, 0.1) is 5.92 Å². The summed E-state index contributed by atoms with van der Waals surface area (Å²) in [6.07, 6.45) is 0.497. The SMILES string of the molecule is CCOCCC(C(=O)N[C@H](C)C(=O)O)c1ccc(-c2ccccc2)cc1. The molecule has 0 fully saturated rings. The molecule has 2 atom stereocenters. The molecule has 0 spiro atoms. The molecule has 2 aromatic carbocycles. The number of hydrogen-bond donors (Lipinski definition) is 2. The lowest BCUT2D eigenvalue weighted by Gasteiger charge is -2.19. The van der Waals surface area contributed by atoms with Crippen molar-refractivity contribution >= 4 is 11.9 Å². The van der Waals surface area contributed by atoms with Gasteiger partial charge in [0.15, 0.2) is 0 Å². The first-order chi connectivity index (χ1) is 12.5. The maximum atomic E-state index is 12.6. The van der Waals surface area contributed by atoms with E-state index in [1.807, 2.05) is 61.5 Å². The zero-order chi connectivity index (χ0) is 18.9. The predicted molar refractivity (Wildman–Crippen MR) is 101 cm³/mol. The molecule has 0 aliphatic rings. The molecule has 0 heterocycles. The van der Waals surface area contributed by atoms with E-state index in [1.54, 1.807) is 0 Å². The van der Waals surface area contributed by atoms with Crippen LogP contribution in [-0.4, -0.2) is 36.2 Å². The molecule has 0 aromatic heterocycles. The number of nitrogens with one attached hydrogen (secondary N) is 1. The highest BCUT2D eigenvalue weighted by atomic mass is 16.5. The standard InChI is InChI=1S/C21H25NO4/c1-3-26-14-13-19(20(23)22-15(2)21(24)25)18-11-9-17(10-12-18)16-7-5-4-6-8-16/h4-12,15,19H,3,13-14H2,1-2H3,(H,22,23)(H,24,25)/t15-,19?/m1/s1. The van der Waals surface area contributed by atoms with Crippen LogP contribution in [0.25, 0.3) is 11.1 Å². The van der Waals surface area contributed by atoms with Crippen LogP contribution < -0.4 is 5.32 Å². The molecule has 2 N–H and O–H groups in total. The van der Waals surface area contributed by atoms with E-state index in [4.69, 9.17) is 9.84 Å². The molecule has 5 heteroatoms.